The molecule has 8 heteroatoms. The van der Waals surface area contributed by atoms with E-state index >= 15 is 0 Å². The lowest BCUT2D eigenvalue weighted by Gasteiger charge is -2.38. The van der Waals surface area contributed by atoms with Gasteiger partial charge in [-0.3, -0.25) is 14.4 Å². The Bertz CT molecular complexity index is 598. The van der Waals surface area contributed by atoms with E-state index < -0.39 is 17.9 Å². The van der Waals surface area contributed by atoms with Gasteiger partial charge < -0.3 is 4.90 Å². The van der Waals surface area contributed by atoms with Gasteiger partial charge in [0, 0.05) is 31.4 Å². The molecule has 3 heterocycles. The Hall–Kier alpha value is -1.57. The number of halogens is 3. The van der Waals surface area contributed by atoms with Crippen LogP contribution < -0.4 is 0 Å². The molecular formula is C15H21F3N4O. The maximum absolute atomic E-state index is 12.8. The van der Waals surface area contributed by atoms with E-state index in [1.165, 1.54) is 4.68 Å². The summed E-state index contributed by atoms with van der Waals surface area (Å²) in [6.07, 6.45) is -2.26. The first-order chi connectivity index (χ1) is 10.8. The third-order valence-corrected chi connectivity index (χ3v) is 4.84. The number of rotatable bonds is 2. The largest absolute Gasteiger partial charge is 0.435 e. The number of hydrogen-bond acceptors (Lipinski definition) is 3. The van der Waals surface area contributed by atoms with Gasteiger partial charge in [0.05, 0.1) is 0 Å². The van der Waals surface area contributed by atoms with Gasteiger partial charge in [0.15, 0.2) is 5.69 Å². The number of aryl methyl sites for hydroxylation is 1. The van der Waals surface area contributed by atoms with E-state index in [0.29, 0.717) is 24.8 Å². The molecule has 23 heavy (non-hydrogen) atoms. The number of carbonyl (C=O) groups is 1. The average molecular weight is 330 g/mol. The second-order valence-corrected chi connectivity index (χ2v) is 6.41. The highest BCUT2D eigenvalue weighted by molar-refractivity contribution is 5.80. The van der Waals surface area contributed by atoms with Crippen molar-refractivity contribution in [2.45, 2.75) is 44.9 Å². The van der Waals surface area contributed by atoms with E-state index in [2.05, 4.69) is 10.00 Å². The van der Waals surface area contributed by atoms with Crippen molar-refractivity contribution in [2.24, 2.45) is 0 Å². The van der Waals surface area contributed by atoms with Gasteiger partial charge >= 0.3 is 6.18 Å². The first kappa shape index (κ1) is 16.3. The molecule has 0 N–H and O–H groups in total. The monoisotopic (exact) mass is 330 g/mol. The predicted molar refractivity (Wildman–Crippen MR) is 77.9 cm³/mol. The predicted octanol–water partition coefficient (Wildman–Crippen LogP) is 2.08. The molecule has 0 aromatic carbocycles. The lowest BCUT2D eigenvalue weighted by Crippen LogP contribution is -2.53. The van der Waals surface area contributed by atoms with Crippen LogP contribution in [0.4, 0.5) is 13.2 Å². The van der Waals surface area contributed by atoms with Crippen LogP contribution in [0.15, 0.2) is 6.07 Å². The molecule has 128 valence electrons. The van der Waals surface area contributed by atoms with E-state index in [1.54, 1.807) is 18.7 Å². The molecule has 0 bridgehead atoms. The van der Waals surface area contributed by atoms with Crippen molar-refractivity contribution in [1.82, 2.24) is 19.6 Å². The Morgan fingerprint density at radius 1 is 1.35 bits per heavy atom. The molecule has 2 aliphatic rings. The summed E-state index contributed by atoms with van der Waals surface area (Å²) in [5, 5.41) is 3.60. The Labute approximate surface area is 133 Å². The molecule has 5 nitrogen and oxygen atoms in total. The van der Waals surface area contributed by atoms with Crippen molar-refractivity contribution in [3.05, 3.63) is 17.5 Å². The first-order valence-electron chi connectivity index (χ1n) is 7.93. The summed E-state index contributed by atoms with van der Waals surface area (Å²) < 4.78 is 39.5. The van der Waals surface area contributed by atoms with Gasteiger partial charge in [-0.15, -0.1) is 0 Å². The Balaban J connectivity index is 1.73. The van der Waals surface area contributed by atoms with Gasteiger partial charge in [0.2, 0.25) is 5.91 Å². The molecule has 3 rings (SSSR count). The number of amides is 1. The minimum Gasteiger partial charge on any atom is -0.338 e. The highest BCUT2D eigenvalue weighted by Gasteiger charge is 2.37. The quantitative estimate of drug-likeness (QED) is 0.834. The third kappa shape index (κ3) is 3.08. The van der Waals surface area contributed by atoms with Crippen LogP contribution in [0.25, 0.3) is 0 Å². The van der Waals surface area contributed by atoms with Crippen molar-refractivity contribution >= 4 is 5.91 Å². The van der Waals surface area contributed by atoms with Crippen molar-refractivity contribution in [3.63, 3.8) is 0 Å². The average Bonchev–Trinajstić information content (AvgIpc) is 3.10. The number of hydrogen-bond donors (Lipinski definition) is 0. The van der Waals surface area contributed by atoms with Crippen LogP contribution in [0.2, 0.25) is 0 Å². The molecule has 0 radical (unpaired) electrons. The number of fused-ring (bicyclic) bond motifs is 1. The zero-order valence-corrected chi connectivity index (χ0v) is 13.3. The lowest BCUT2D eigenvalue weighted by atomic mass is 10.1. The van der Waals surface area contributed by atoms with Crippen molar-refractivity contribution < 1.29 is 18.0 Å². The summed E-state index contributed by atoms with van der Waals surface area (Å²) in [5.41, 5.74) is -0.604. The zero-order valence-electron chi connectivity index (χ0n) is 13.3. The molecule has 2 unspecified atom stereocenters. The van der Waals surface area contributed by atoms with Gasteiger partial charge in [0.1, 0.15) is 6.04 Å². The number of piperazine rings is 1. The molecular weight excluding hydrogens is 309 g/mol. The van der Waals surface area contributed by atoms with Crippen LogP contribution in [0.3, 0.4) is 0 Å². The molecule has 2 fully saturated rings. The van der Waals surface area contributed by atoms with E-state index in [9.17, 15) is 18.0 Å². The lowest BCUT2D eigenvalue weighted by molar-refractivity contribution is -0.143. The summed E-state index contributed by atoms with van der Waals surface area (Å²) in [6, 6.07) is 0.655. The van der Waals surface area contributed by atoms with E-state index in [1.807, 2.05) is 0 Å². The molecule has 2 atom stereocenters. The Morgan fingerprint density at radius 2 is 2.09 bits per heavy atom. The Morgan fingerprint density at radius 3 is 2.74 bits per heavy atom. The van der Waals surface area contributed by atoms with Crippen molar-refractivity contribution in [3.8, 4) is 0 Å². The maximum Gasteiger partial charge on any atom is 0.435 e. The molecule has 1 aromatic heterocycles. The summed E-state index contributed by atoms with van der Waals surface area (Å²) in [7, 11) is 0. The zero-order chi connectivity index (χ0) is 16.8. The summed E-state index contributed by atoms with van der Waals surface area (Å²) >= 11 is 0. The van der Waals surface area contributed by atoms with Gasteiger partial charge in [-0.2, -0.15) is 18.3 Å². The van der Waals surface area contributed by atoms with Crippen molar-refractivity contribution in [2.75, 3.05) is 26.2 Å². The fourth-order valence-corrected chi connectivity index (χ4v) is 3.58. The SMILES string of the molecule is Cc1cc(C(F)(F)F)nn1C(C)C(=O)N1CCN2CCCC2C1. The summed E-state index contributed by atoms with van der Waals surface area (Å²) in [5.74, 6) is -0.156. The molecule has 1 aromatic rings. The highest BCUT2D eigenvalue weighted by atomic mass is 19.4. The smallest absolute Gasteiger partial charge is 0.338 e. The number of aromatic nitrogens is 2. The molecule has 1 amide bonds. The van der Waals surface area contributed by atoms with Gasteiger partial charge in [-0.05, 0) is 39.3 Å². The van der Waals surface area contributed by atoms with Crippen LogP contribution >= 0.6 is 0 Å². The summed E-state index contributed by atoms with van der Waals surface area (Å²) in [4.78, 5) is 16.8. The molecule has 2 saturated heterocycles. The van der Waals surface area contributed by atoms with E-state index in [0.717, 1.165) is 32.0 Å². The van der Waals surface area contributed by atoms with E-state index in [-0.39, 0.29) is 5.91 Å². The van der Waals surface area contributed by atoms with Crippen LogP contribution in [-0.2, 0) is 11.0 Å². The fraction of sp³-hybridized carbons (Fsp3) is 0.733. The molecule has 0 spiro atoms. The first-order valence-corrected chi connectivity index (χ1v) is 7.93. The van der Waals surface area contributed by atoms with Crippen molar-refractivity contribution in [1.29, 1.82) is 0 Å². The second-order valence-electron chi connectivity index (χ2n) is 6.41. The van der Waals surface area contributed by atoms with Gasteiger partial charge in [0.25, 0.3) is 0 Å². The minimum absolute atomic E-state index is 0.156. The molecule has 0 saturated carbocycles. The molecule has 2 aliphatic heterocycles. The van der Waals surface area contributed by atoms with Gasteiger partial charge in [-0.25, -0.2) is 0 Å². The number of carbonyl (C=O) groups excluding carboxylic acids is 1. The van der Waals surface area contributed by atoms with Crippen LogP contribution in [0.1, 0.15) is 37.2 Å². The summed E-state index contributed by atoms with van der Waals surface area (Å²) in [6.45, 7) is 6.37. The van der Waals surface area contributed by atoms with Crippen LogP contribution in [0.5, 0.6) is 0 Å². The fourth-order valence-electron chi connectivity index (χ4n) is 3.58. The standard InChI is InChI=1S/C15H21F3N4O/c1-10-8-13(15(16,17)18)19-22(10)11(2)14(23)21-7-6-20-5-3-4-12(20)9-21/h8,11-12H,3-7,9H2,1-2H3. The second kappa shape index (κ2) is 5.81. The van der Waals surface area contributed by atoms with Crippen LogP contribution in [0, 0.1) is 6.92 Å². The topological polar surface area (TPSA) is 41.4 Å². The highest BCUT2D eigenvalue weighted by Crippen LogP contribution is 2.30. The molecule has 0 aliphatic carbocycles. The van der Waals surface area contributed by atoms with E-state index in [4.69, 9.17) is 0 Å². The number of nitrogens with zero attached hydrogens (tertiary/aromatic N) is 4. The van der Waals surface area contributed by atoms with Gasteiger partial charge in [-0.1, -0.05) is 0 Å². The third-order valence-electron chi connectivity index (χ3n) is 4.84. The normalized spacial score (nSPS) is 23.9. The minimum atomic E-state index is -4.49. The Kier molecular flexibility index (Phi) is 4.12. The van der Waals surface area contributed by atoms with Crippen LogP contribution in [-0.4, -0.2) is 57.7 Å². The maximum atomic E-state index is 12.8. The number of alkyl halides is 3.